The monoisotopic (exact) mass is 349 g/mol. The van der Waals surface area contributed by atoms with Gasteiger partial charge >= 0.3 is 0 Å². The predicted octanol–water partition coefficient (Wildman–Crippen LogP) is 2.18. The fourth-order valence-corrected chi connectivity index (χ4v) is 2.62. The molecule has 0 aliphatic rings. The summed E-state index contributed by atoms with van der Waals surface area (Å²) >= 11 is 0. The summed E-state index contributed by atoms with van der Waals surface area (Å²) in [6, 6.07) is 6.49. The molecule has 0 aromatic heterocycles. The molecule has 22 heavy (non-hydrogen) atoms. The first-order valence-electron chi connectivity index (χ1n) is 6.85. The molecule has 0 unspecified atom stereocenters. The highest BCUT2D eigenvalue weighted by Gasteiger charge is 2.33. The van der Waals surface area contributed by atoms with E-state index < -0.39 is 15.4 Å². The summed E-state index contributed by atoms with van der Waals surface area (Å²) in [6.45, 7) is 4.17. The minimum atomic E-state index is -3.30. The largest absolute Gasteiger partial charge is 0.329 e. The van der Waals surface area contributed by atoms with Gasteiger partial charge in [0.05, 0.1) is 11.7 Å². The van der Waals surface area contributed by atoms with Crippen molar-refractivity contribution in [1.82, 2.24) is 0 Å². The van der Waals surface area contributed by atoms with Gasteiger partial charge < -0.3 is 11.1 Å². The summed E-state index contributed by atoms with van der Waals surface area (Å²) in [6.07, 6.45) is 2.42. The van der Waals surface area contributed by atoms with E-state index in [0.29, 0.717) is 30.8 Å². The first-order chi connectivity index (χ1) is 9.76. The number of hydrogen-bond acceptors (Lipinski definition) is 4. The number of amides is 1. The standard InChI is InChI=1S/C14H23N3O3S.ClH/c1-4-14(5-2,10-15)13(18)16-11-6-8-12(9-7-11)17-21(3,19)20;/h6-9,17H,4-5,10,15H2,1-3H3,(H,16,18);1H. The molecule has 0 spiro atoms. The predicted molar refractivity (Wildman–Crippen MR) is 92.9 cm³/mol. The number of rotatable bonds is 7. The summed E-state index contributed by atoms with van der Waals surface area (Å²) in [5, 5.41) is 2.83. The molecular formula is C14H24ClN3O3S. The Morgan fingerprint density at radius 2 is 1.59 bits per heavy atom. The zero-order chi connectivity index (χ0) is 16.1. The maximum atomic E-state index is 12.3. The van der Waals surface area contributed by atoms with Crippen molar-refractivity contribution in [1.29, 1.82) is 0 Å². The highest BCUT2D eigenvalue weighted by molar-refractivity contribution is 7.92. The molecule has 1 aromatic carbocycles. The number of hydrogen-bond donors (Lipinski definition) is 3. The van der Waals surface area contributed by atoms with E-state index in [1.807, 2.05) is 13.8 Å². The van der Waals surface area contributed by atoms with Crippen LogP contribution in [0.1, 0.15) is 26.7 Å². The molecule has 0 saturated heterocycles. The minimum Gasteiger partial charge on any atom is -0.329 e. The van der Waals surface area contributed by atoms with Crippen LogP contribution >= 0.6 is 12.4 Å². The van der Waals surface area contributed by atoms with Gasteiger partial charge in [0.15, 0.2) is 0 Å². The Morgan fingerprint density at radius 1 is 1.14 bits per heavy atom. The number of carbonyl (C=O) groups excluding carboxylic acids is 1. The molecule has 0 atom stereocenters. The number of nitrogens with two attached hydrogens (primary N) is 1. The van der Waals surface area contributed by atoms with Crippen molar-refractivity contribution in [2.75, 3.05) is 22.8 Å². The summed E-state index contributed by atoms with van der Waals surface area (Å²) in [7, 11) is -3.30. The van der Waals surface area contributed by atoms with Gasteiger partial charge in [-0.25, -0.2) is 8.42 Å². The second kappa shape index (κ2) is 8.36. The molecule has 0 aliphatic heterocycles. The van der Waals surface area contributed by atoms with Gasteiger partial charge in [0.1, 0.15) is 0 Å². The van der Waals surface area contributed by atoms with Crippen LogP contribution in [0.15, 0.2) is 24.3 Å². The Balaban J connectivity index is 0.00000441. The lowest BCUT2D eigenvalue weighted by atomic mass is 9.81. The van der Waals surface area contributed by atoms with Gasteiger partial charge in [-0.05, 0) is 37.1 Å². The fourth-order valence-electron chi connectivity index (χ4n) is 2.05. The minimum absolute atomic E-state index is 0. The Morgan fingerprint density at radius 3 is 1.95 bits per heavy atom. The average Bonchev–Trinajstić information content (AvgIpc) is 2.42. The van der Waals surface area contributed by atoms with Gasteiger partial charge in [-0.3, -0.25) is 9.52 Å². The van der Waals surface area contributed by atoms with Crippen molar-refractivity contribution in [3.05, 3.63) is 24.3 Å². The number of anilines is 2. The van der Waals surface area contributed by atoms with Gasteiger partial charge in [0.2, 0.25) is 15.9 Å². The van der Waals surface area contributed by atoms with Crippen LogP contribution < -0.4 is 15.8 Å². The van der Waals surface area contributed by atoms with Crippen LogP contribution in [-0.2, 0) is 14.8 Å². The van der Waals surface area contributed by atoms with E-state index in [9.17, 15) is 13.2 Å². The van der Waals surface area contributed by atoms with Gasteiger partial charge in [0.25, 0.3) is 0 Å². The number of nitrogens with one attached hydrogen (secondary N) is 2. The smallest absolute Gasteiger partial charge is 0.231 e. The first-order valence-corrected chi connectivity index (χ1v) is 8.75. The molecule has 6 nitrogen and oxygen atoms in total. The summed E-state index contributed by atoms with van der Waals surface area (Å²) < 4.78 is 24.6. The normalized spacial score (nSPS) is 11.5. The Labute approximate surface area is 138 Å². The third kappa shape index (κ3) is 5.47. The van der Waals surface area contributed by atoms with Crippen LogP contribution in [0.2, 0.25) is 0 Å². The van der Waals surface area contributed by atoms with Crippen molar-refractivity contribution < 1.29 is 13.2 Å². The molecule has 1 rings (SSSR count). The maximum Gasteiger partial charge on any atom is 0.231 e. The Bertz CT molecular complexity index is 576. The molecule has 0 bridgehead atoms. The highest BCUT2D eigenvalue weighted by atomic mass is 35.5. The summed E-state index contributed by atoms with van der Waals surface area (Å²) in [5.74, 6) is -0.112. The third-order valence-electron chi connectivity index (χ3n) is 3.67. The van der Waals surface area contributed by atoms with E-state index in [4.69, 9.17) is 5.73 Å². The molecule has 0 heterocycles. The molecule has 8 heteroatoms. The van der Waals surface area contributed by atoms with Crippen LogP contribution in [0.3, 0.4) is 0 Å². The molecular weight excluding hydrogens is 326 g/mol. The molecule has 1 amide bonds. The molecule has 0 fully saturated rings. The lowest BCUT2D eigenvalue weighted by Gasteiger charge is -2.28. The first kappa shape index (κ1) is 20.7. The second-order valence-corrected chi connectivity index (χ2v) is 6.85. The van der Waals surface area contributed by atoms with Gasteiger partial charge in [-0.1, -0.05) is 13.8 Å². The van der Waals surface area contributed by atoms with Crippen molar-refractivity contribution >= 4 is 39.7 Å². The number of halogens is 1. The van der Waals surface area contributed by atoms with Crippen molar-refractivity contribution in [2.45, 2.75) is 26.7 Å². The van der Waals surface area contributed by atoms with Crippen LogP contribution in [0.25, 0.3) is 0 Å². The average molecular weight is 350 g/mol. The van der Waals surface area contributed by atoms with Crippen LogP contribution in [-0.4, -0.2) is 27.1 Å². The quantitative estimate of drug-likeness (QED) is 0.702. The van der Waals surface area contributed by atoms with E-state index in [1.54, 1.807) is 24.3 Å². The number of carbonyl (C=O) groups is 1. The van der Waals surface area contributed by atoms with Crippen molar-refractivity contribution in [3.8, 4) is 0 Å². The zero-order valence-corrected chi connectivity index (χ0v) is 14.7. The molecule has 0 aliphatic carbocycles. The van der Waals surface area contributed by atoms with Gasteiger partial charge in [-0.2, -0.15) is 0 Å². The topological polar surface area (TPSA) is 101 Å². The number of benzene rings is 1. The summed E-state index contributed by atoms with van der Waals surface area (Å²) in [4.78, 5) is 12.3. The van der Waals surface area contributed by atoms with E-state index >= 15 is 0 Å². The molecule has 1 aromatic rings. The van der Waals surface area contributed by atoms with Crippen molar-refractivity contribution in [2.24, 2.45) is 11.1 Å². The van der Waals surface area contributed by atoms with Crippen LogP contribution in [0.4, 0.5) is 11.4 Å². The number of sulfonamides is 1. The molecule has 4 N–H and O–H groups in total. The van der Waals surface area contributed by atoms with E-state index in [0.717, 1.165) is 6.26 Å². The third-order valence-corrected chi connectivity index (χ3v) is 4.28. The second-order valence-electron chi connectivity index (χ2n) is 5.10. The highest BCUT2D eigenvalue weighted by Crippen LogP contribution is 2.27. The Hall–Kier alpha value is -1.31. The molecule has 0 radical (unpaired) electrons. The lowest BCUT2D eigenvalue weighted by molar-refractivity contribution is -0.125. The zero-order valence-electron chi connectivity index (χ0n) is 13.0. The molecule has 126 valence electrons. The van der Waals surface area contributed by atoms with Crippen molar-refractivity contribution in [3.63, 3.8) is 0 Å². The fraction of sp³-hybridized carbons (Fsp3) is 0.500. The lowest BCUT2D eigenvalue weighted by Crippen LogP contribution is -2.41. The SMILES string of the molecule is CCC(CC)(CN)C(=O)Nc1ccc(NS(C)(=O)=O)cc1.Cl. The van der Waals surface area contributed by atoms with Gasteiger partial charge in [-0.15, -0.1) is 12.4 Å². The molecule has 0 saturated carbocycles. The Kier molecular flexibility index (Phi) is 7.86. The van der Waals surface area contributed by atoms with Crippen LogP contribution in [0.5, 0.6) is 0 Å². The van der Waals surface area contributed by atoms with Crippen LogP contribution in [0, 0.1) is 5.41 Å². The van der Waals surface area contributed by atoms with Gasteiger partial charge in [0, 0.05) is 17.9 Å². The maximum absolute atomic E-state index is 12.3. The summed E-state index contributed by atoms with van der Waals surface area (Å²) in [5.41, 5.74) is 6.23. The van der Waals surface area contributed by atoms with E-state index in [-0.39, 0.29) is 18.3 Å². The van der Waals surface area contributed by atoms with E-state index in [1.165, 1.54) is 0 Å². The van der Waals surface area contributed by atoms with E-state index in [2.05, 4.69) is 10.0 Å².